The van der Waals surface area contributed by atoms with E-state index in [1.54, 1.807) is 19.2 Å². The first-order chi connectivity index (χ1) is 16.6. The average molecular weight is 518 g/mol. The molecule has 3 aromatic carbocycles. The van der Waals surface area contributed by atoms with Gasteiger partial charge in [-0.05, 0) is 54.6 Å². The molecule has 1 aromatic heterocycles. The first-order valence-corrected chi connectivity index (χ1v) is 12.1. The minimum Gasteiger partial charge on any atom is -0.497 e. The van der Waals surface area contributed by atoms with Gasteiger partial charge in [-0.15, -0.1) is 0 Å². The Morgan fingerprint density at radius 1 is 1.00 bits per heavy atom. The lowest BCUT2D eigenvalue weighted by Crippen LogP contribution is -2.31. The third-order valence-corrected chi connectivity index (χ3v) is 7.06. The maximum Gasteiger partial charge on any atom is 0.281 e. The van der Waals surface area contributed by atoms with Crippen LogP contribution in [-0.4, -0.2) is 33.1 Å². The molecule has 0 saturated heterocycles. The van der Waals surface area contributed by atoms with Crippen molar-refractivity contribution in [2.45, 2.75) is 4.90 Å². The Labute approximate surface area is 206 Å². The first kappa shape index (κ1) is 24.4. The van der Waals surface area contributed by atoms with Crippen LogP contribution in [0.3, 0.4) is 0 Å². The van der Waals surface area contributed by atoms with Gasteiger partial charge < -0.3 is 19.4 Å². The third kappa shape index (κ3) is 4.75. The summed E-state index contributed by atoms with van der Waals surface area (Å²) >= 11 is 6.40. The molecule has 182 valence electrons. The number of benzene rings is 3. The van der Waals surface area contributed by atoms with Crippen molar-refractivity contribution in [2.24, 2.45) is 7.05 Å². The number of anilines is 2. The summed E-state index contributed by atoms with van der Waals surface area (Å²) in [5, 5.41) is 4.09. The van der Waals surface area contributed by atoms with Crippen LogP contribution < -0.4 is 19.5 Å². The fraction of sp³-hybridized carbons (Fsp3) is 0.125. The number of hydrogen-bond acceptors (Lipinski definition) is 6. The summed E-state index contributed by atoms with van der Waals surface area (Å²) in [4.78, 5) is 12.9. The number of sulfonamides is 1. The monoisotopic (exact) mass is 517 g/mol. The molecular formula is C24H21ClFN3O5S. The number of halogens is 2. The van der Waals surface area contributed by atoms with Crippen molar-refractivity contribution < 1.29 is 27.1 Å². The van der Waals surface area contributed by atoms with Crippen molar-refractivity contribution in [2.75, 3.05) is 19.5 Å². The van der Waals surface area contributed by atoms with Gasteiger partial charge in [-0.3, -0.25) is 4.79 Å². The molecule has 0 saturated carbocycles. The highest BCUT2D eigenvalue weighted by molar-refractivity contribution is 7.90. The SMILES string of the molecule is COc1ccc(S(=O)(=O)NC(=O)c2cc3c(Nc4ccc(F)c(OC)c4)ccc(Cl)c3n2C)cc1. The predicted octanol–water partition coefficient (Wildman–Crippen LogP) is 4.85. The quantitative estimate of drug-likeness (QED) is 0.363. The van der Waals surface area contributed by atoms with Crippen LogP contribution in [0.5, 0.6) is 11.5 Å². The van der Waals surface area contributed by atoms with Crippen molar-refractivity contribution in [1.82, 2.24) is 9.29 Å². The summed E-state index contributed by atoms with van der Waals surface area (Å²) in [6.45, 7) is 0. The van der Waals surface area contributed by atoms with E-state index in [2.05, 4.69) is 10.0 Å². The number of carbonyl (C=O) groups is 1. The molecule has 1 heterocycles. The molecule has 0 bridgehead atoms. The molecule has 4 rings (SSSR count). The van der Waals surface area contributed by atoms with Gasteiger partial charge in [-0.1, -0.05) is 11.6 Å². The van der Waals surface area contributed by atoms with Crippen molar-refractivity contribution in [3.8, 4) is 11.5 Å². The molecular weight excluding hydrogens is 497 g/mol. The molecule has 1 amide bonds. The Hall–Kier alpha value is -3.76. The molecule has 0 atom stereocenters. The van der Waals surface area contributed by atoms with Gasteiger partial charge in [0.2, 0.25) is 0 Å². The fourth-order valence-electron chi connectivity index (χ4n) is 3.63. The lowest BCUT2D eigenvalue weighted by molar-refractivity contribution is 0.0974. The Bertz CT molecular complexity index is 1540. The number of hydrogen-bond donors (Lipinski definition) is 2. The second kappa shape index (κ2) is 9.47. The summed E-state index contributed by atoms with van der Waals surface area (Å²) < 4.78 is 52.9. The number of nitrogens with one attached hydrogen (secondary N) is 2. The van der Waals surface area contributed by atoms with Gasteiger partial charge in [0.1, 0.15) is 11.4 Å². The van der Waals surface area contributed by atoms with Gasteiger partial charge in [0, 0.05) is 29.9 Å². The minimum atomic E-state index is -4.13. The van der Waals surface area contributed by atoms with Gasteiger partial charge in [-0.25, -0.2) is 17.5 Å². The van der Waals surface area contributed by atoms with Crippen molar-refractivity contribution in [3.05, 3.63) is 77.2 Å². The van der Waals surface area contributed by atoms with Gasteiger partial charge >= 0.3 is 0 Å². The Morgan fingerprint density at radius 3 is 2.37 bits per heavy atom. The zero-order valence-corrected chi connectivity index (χ0v) is 20.5. The molecule has 0 radical (unpaired) electrons. The summed E-state index contributed by atoms with van der Waals surface area (Å²) in [5.74, 6) is -0.782. The smallest absolute Gasteiger partial charge is 0.281 e. The van der Waals surface area contributed by atoms with E-state index in [0.717, 1.165) is 0 Å². The fourth-order valence-corrected chi connectivity index (χ4v) is 4.88. The summed E-state index contributed by atoms with van der Waals surface area (Å²) in [6.07, 6.45) is 0. The van der Waals surface area contributed by atoms with Crippen LogP contribution in [0.4, 0.5) is 15.8 Å². The average Bonchev–Trinajstić information content (AvgIpc) is 3.20. The van der Waals surface area contributed by atoms with E-state index in [9.17, 15) is 17.6 Å². The van der Waals surface area contributed by atoms with Gasteiger partial charge in [0.25, 0.3) is 15.9 Å². The number of carbonyl (C=O) groups excluding carboxylic acids is 1. The van der Waals surface area contributed by atoms with Crippen LogP contribution in [0.2, 0.25) is 5.02 Å². The third-order valence-electron chi connectivity index (χ3n) is 5.41. The van der Waals surface area contributed by atoms with E-state index < -0.39 is 21.7 Å². The topological polar surface area (TPSA) is 98.7 Å². The van der Waals surface area contributed by atoms with E-state index in [1.165, 1.54) is 67.3 Å². The Kier molecular flexibility index (Phi) is 6.60. The van der Waals surface area contributed by atoms with E-state index in [4.69, 9.17) is 21.1 Å². The maximum absolute atomic E-state index is 13.8. The number of amides is 1. The molecule has 0 aliphatic rings. The maximum atomic E-state index is 13.8. The van der Waals surface area contributed by atoms with Gasteiger partial charge in [0.15, 0.2) is 11.6 Å². The Morgan fingerprint density at radius 2 is 1.71 bits per heavy atom. The molecule has 8 nitrogen and oxygen atoms in total. The number of ether oxygens (including phenoxy) is 2. The largest absolute Gasteiger partial charge is 0.497 e. The molecule has 11 heteroatoms. The van der Waals surface area contributed by atoms with Crippen LogP contribution >= 0.6 is 11.6 Å². The van der Waals surface area contributed by atoms with Crippen molar-refractivity contribution in [3.63, 3.8) is 0 Å². The molecule has 2 N–H and O–H groups in total. The predicted molar refractivity (Wildman–Crippen MR) is 132 cm³/mol. The lowest BCUT2D eigenvalue weighted by atomic mass is 10.2. The molecule has 0 fully saturated rings. The highest BCUT2D eigenvalue weighted by Gasteiger charge is 2.23. The highest BCUT2D eigenvalue weighted by atomic mass is 35.5. The van der Waals surface area contributed by atoms with Crippen LogP contribution in [0.15, 0.2) is 65.6 Å². The van der Waals surface area contributed by atoms with Crippen LogP contribution in [0, 0.1) is 5.82 Å². The zero-order chi connectivity index (χ0) is 25.3. The Balaban J connectivity index is 1.69. The standard InChI is InChI=1S/C24H21ClFN3O5S/c1-29-21(24(30)28-35(31,32)16-7-5-15(33-2)6-8-16)13-17-20(11-9-18(25)23(17)29)27-14-4-10-19(26)22(12-14)34-3/h4-13,27H,1-3H3,(H,28,30). The number of rotatable bonds is 7. The van der Waals surface area contributed by atoms with E-state index >= 15 is 0 Å². The van der Waals surface area contributed by atoms with E-state index in [1.807, 2.05) is 0 Å². The van der Waals surface area contributed by atoms with Crippen LogP contribution in [0.1, 0.15) is 10.5 Å². The summed E-state index contributed by atoms with van der Waals surface area (Å²) in [7, 11) is 0.301. The normalized spacial score (nSPS) is 11.3. The van der Waals surface area contributed by atoms with Gasteiger partial charge in [0.05, 0.1) is 29.7 Å². The second-order valence-electron chi connectivity index (χ2n) is 7.53. The van der Waals surface area contributed by atoms with E-state index in [-0.39, 0.29) is 16.3 Å². The second-order valence-corrected chi connectivity index (χ2v) is 9.62. The first-order valence-electron chi connectivity index (χ1n) is 10.2. The minimum absolute atomic E-state index is 0.0667. The summed E-state index contributed by atoms with van der Waals surface area (Å²) in [6, 6.07) is 14.8. The number of nitrogens with zero attached hydrogens (tertiary/aromatic N) is 1. The zero-order valence-electron chi connectivity index (χ0n) is 18.9. The highest BCUT2D eigenvalue weighted by Crippen LogP contribution is 2.35. The number of aryl methyl sites for hydroxylation is 1. The number of aromatic nitrogens is 1. The molecule has 35 heavy (non-hydrogen) atoms. The van der Waals surface area contributed by atoms with Gasteiger partial charge in [-0.2, -0.15) is 0 Å². The number of fused-ring (bicyclic) bond motifs is 1. The van der Waals surface area contributed by atoms with Crippen LogP contribution in [0.25, 0.3) is 10.9 Å². The van der Waals surface area contributed by atoms with Crippen molar-refractivity contribution in [1.29, 1.82) is 0 Å². The molecule has 0 spiro atoms. The van der Waals surface area contributed by atoms with Crippen molar-refractivity contribution >= 4 is 49.8 Å². The lowest BCUT2D eigenvalue weighted by Gasteiger charge is -2.11. The van der Waals surface area contributed by atoms with E-state index in [0.29, 0.717) is 33.0 Å². The molecule has 0 aliphatic heterocycles. The number of methoxy groups -OCH3 is 2. The molecule has 4 aromatic rings. The molecule has 0 aliphatic carbocycles. The molecule has 0 unspecified atom stereocenters. The summed E-state index contributed by atoms with van der Waals surface area (Å²) in [5.41, 5.74) is 1.71. The van der Waals surface area contributed by atoms with Crippen LogP contribution in [-0.2, 0) is 17.1 Å².